The number of aromatic nitrogens is 3. The van der Waals surface area contributed by atoms with E-state index in [1.807, 2.05) is 47.0 Å². The fourth-order valence-corrected chi connectivity index (χ4v) is 5.81. The van der Waals surface area contributed by atoms with Gasteiger partial charge in [0.2, 0.25) is 0 Å². The normalized spacial score (nSPS) is 11.4. The van der Waals surface area contributed by atoms with E-state index in [2.05, 4.69) is 74.7 Å². The van der Waals surface area contributed by atoms with Gasteiger partial charge in [0, 0.05) is 44.6 Å². The Hall–Kier alpha value is -2.55. The Labute approximate surface area is 245 Å². The average Bonchev–Trinajstić information content (AvgIpc) is 3.30. The summed E-state index contributed by atoms with van der Waals surface area (Å²) in [6, 6.07) is 26.3. The lowest BCUT2D eigenvalue weighted by Gasteiger charge is -2.19. The molecule has 0 atom stereocenters. The summed E-state index contributed by atoms with van der Waals surface area (Å²) in [6.07, 6.45) is 2.73. The van der Waals surface area contributed by atoms with E-state index >= 15 is 0 Å². The molecule has 0 fully saturated rings. The van der Waals surface area contributed by atoms with Crippen LogP contribution in [0.5, 0.6) is 0 Å². The van der Waals surface area contributed by atoms with Crippen molar-refractivity contribution in [3.05, 3.63) is 105 Å². The summed E-state index contributed by atoms with van der Waals surface area (Å²) in [5.74, 6) is 0.878. The van der Waals surface area contributed by atoms with Gasteiger partial charge in [-0.15, -0.1) is 0 Å². The van der Waals surface area contributed by atoms with Gasteiger partial charge in [0.25, 0.3) is 0 Å². The van der Waals surface area contributed by atoms with Gasteiger partial charge < -0.3 is 10.2 Å². The quantitative estimate of drug-likeness (QED) is 0.157. The Balaban J connectivity index is 1.22. The molecule has 0 spiro atoms. The fraction of sp³-hybridized carbons (Fsp3) is 0.172. The van der Waals surface area contributed by atoms with Crippen LogP contribution in [0.4, 0.5) is 5.82 Å². The molecule has 194 valence electrons. The van der Waals surface area contributed by atoms with Crippen molar-refractivity contribution in [3.8, 4) is 11.3 Å². The standard InChI is InChI=1S/C29H26BrCl2N5S/c1-36(19-20-7-2-5-10-27(20)38-22-13-11-21(31)12-14-22)16-6-15-33-28-17-26(23-8-3-4-9-25(23)32)35-29-24(30)18-34-37(28)29/h2-5,7-14,17-18,33H,6,15-16,19H2,1H3. The first kappa shape index (κ1) is 27.0. The highest BCUT2D eigenvalue weighted by Gasteiger charge is 2.13. The number of nitrogens with zero attached hydrogens (tertiary/aromatic N) is 4. The Morgan fingerprint density at radius 1 is 1.00 bits per heavy atom. The number of hydrogen-bond acceptors (Lipinski definition) is 5. The largest absolute Gasteiger partial charge is 0.370 e. The number of rotatable bonds is 10. The average molecular weight is 627 g/mol. The molecule has 2 aromatic heterocycles. The van der Waals surface area contributed by atoms with E-state index < -0.39 is 0 Å². The molecule has 0 saturated carbocycles. The molecule has 5 nitrogen and oxygen atoms in total. The van der Waals surface area contributed by atoms with E-state index in [-0.39, 0.29) is 0 Å². The molecule has 0 radical (unpaired) electrons. The van der Waals surface area contributed by atoms with Crippen LogP contribution < -0.4 is 5.32 Å². The van der Waals surface area contributed by atoms with E-state index in [0.717, 1.165) is 58.3 Å². The molecule has 5 rings (SSSR count). The SMILES string of the molecule is CN(CCCNc1cc(-c2ccccc2Cl)nc2c(Br)cnn12)Cc1ccccc1Sc1ccc(Cl)cc1. The van der Waals surface area contributed by atoms with Crippen molar-refractivity contribution >= 4 is 62.4 Å². The number of anilines is 1. The van der Waals surface area contributed by atoms with Gasteiger partial charge in [-0.05, 0) is 77.9 Å². The van der Waals surface area contributed by atoms with E-state index in [9.17, 15) is 0 Å². The maximum Gasteiger partial charge on any atom is 0.172 e. The van der Waals surface area contributed by atoms with E-state index in [1.54, 1.807) is 18.0 Å². The molecule has 2 heterocycles. The number of halogens is 3. The minimum absolute atomic E-state index is 0.669. The second-order valence-corrected chi connectivity index (χ2v) is 11.7. The predicted molar refractivity (Wildman–Crippen MR) is 163 cm³/mol. The number of benzene rings is 3. The molecule has 0 unspecified atom stereocenters. The monoisotopic (exact) mass is 625 g/mol. The predicted octanol–water partition coefficient (Wildman–Crippen LogP) is 8.55. The summed E-state index contributed by atoms with van der Waals surface area (Å²) in [5.41, 5.74) is 3.75. The van der Waals surface area contributed by atoms with E-state index in [0.29, 0.717) is 5.02 Å². The summed E-state index contributed by atoms with van der Waals surface area (Å²) in [4.78, 5) is 9.58. The van der Waals surface area contributed by atoms with Gasteiger partial charge in [0.15, 0.2) is 5.65 Å². The van der Waals surface area contributed by atoms with E-state index in [4.69, 9.17) is 28.2 Å². The zero-order valence-corrected chi connectivity index (χ0v) is 24.7. The van der Waals surface area contributed by atoms with Gasteiger partial charge in [-0.2, -0.15) is 9.61 Å². The lowest BCUT2D eigenvalue weighted by molar-refractivity contribution is 0.323. The van der Waals surface area contributed by atoms with Gasteiger partial charge in [0.1, 0.15) is 5.82 Å². The van der Waals surface area contributed by atoms with Crippen molar-refractivity contribution in [1.82, 2.24) is 19.5 Å². The molecule has 0 amide bonds. The van der Waals surface area contributed by atoms with E-state index in [1.165, 1.54) is 15.4 Å². The van der Waals surface area contributed by atoms with Crippen molar-refractivity contribution in [2.75, 3.05) is 25.5 Å². The first-order chi connectivity index (χ1) is 18.5. The van der Waals surface area contributed by atoms with Crippen LogP contribution in [-0.4, -0.2) is 39.6 Å². The van der Waals surface area contributed by atoms with Gasteiger partial charge in [-0.1, -0.05) is 71.4 Å². The molecular weight excluding hydrogens is 601 g/mol. The third-order valence-corrected chi connectivity index (χ3v) is 8.32. The molecule has 3 aromatic carbocycles. The minimum atomic E-state index is 0.669. The zero-order chi connectivity index (χ0) is 26.5. The van der Waals surface area contributed by atoms with Gasteiger partial charge in [0.05, 0.1) is 16.4 Å². The van der Waals surface area contributed by atoms with Gasteiger partial charge >= 0.3 is 0 Å². The third kappa shape index (κ3) is 6.53. The van der Waals surface area contributed by atoms with Gasteiger partial charge in [-0.25, -0.2) is 4.98 Å². The Bertz CT molecular complexity index is 1540. The van der Waals surface area contributed by atoms with Crippen molar-refractivity contribution in [1.29, 1.82) is 0 Å². The van der Waals surface area contributed by atoms with Crippen LogP contribution >= 0.6 is 50.9 Å². The Morgan fingerprint density at radius 2 is 1.76 bits per heavy atom. The molecule has 9 heteroatoms. The second-order valence-electron chi connectivity index (χ2n) is 8.92. The number of hydrogen-bond donors (Lipinski definition) is 1. The van der Waals surface area contributed by atoms with Crippen LogP contribution in [0.15, 0.2) is 99.3 Å². The molecule has 0 saturated heterocycles. The maximum absolute atomic E-state index is 6.46. The molecule has 0 bridgehead atoms. The van der Waals surface area contributed by atoms with Crippen molar-refractivity contribution < 1.29 is 0 Å². The molecule has 0 aliphatic heterocycles. The lowest BCUT2D eigenvalue weighted by atomic mass is 10.1. The maximum atomic E-state index is 6.46. The highest BCUT2D eigenvalue weighted by molar-refractivity contribution is 9.10. The minimum Gasteiger partial charge on any atom is -0.370 e. The van der Waals surface area contributed by atoms with Crippen LogP contribution in [-0.2, 0) is 6.54 Å². The molecule has 0 aliphatic rings. The highest BCUT2D eigenvalue weighted by atomic mass is 79.9. The Morgan fingerprint density at radius 3 is 2.58 bits per heavy atom. The summed E-state index contributed by atoms with van der Waals surface area (Å²) in [5, 5.41) is 9.46. The molecular formula is C29H26BrCl2N5S. The third-order valence-electron chi connectivity index (χ3n) is 6.06. The van der Waals surface area contributed by atoms with Gasteiger partial charge in [-0.3, -0.25) is 0 Å². The van der Waals surface area contributed by atoms with Crippen LogP contribution in [0, 0.1) is 0 Å². The first-order valence-electron chi connectivity index (χ1n) is 12.2. The second kappa shape index (κ2) is 12.5. The van der Waals surface area contributed by atoms with Crippen molar-refractivity contribution in [2.45, 2.75) is 22.8 Å². The van der Waals surface area contributed by atoms with Crippen LogP contribution in [0.2, 0.25) is 10.0 Å². The Kier molecular flexibility index (Phi) is 8.92. The summed E-state index contributed by atoms with van der Waals surface area (Å²) in [7, 11) is 2.16. The topological polar surface area (TPSA) is 45.5 Å². The van der Waals surface area contributed by atoms with Crippen molar-refractivity contribution in [2.24, 2.45) is 0 Å². The summed E-state index contributed by atoms with van der Waals surface area (Å²) < 4.78 is 2.66. The van der Waals surface area contributed by atoms with Crippen LogP contribution in [0.25, 0.3) is 16.9 Å². The van der Waals surface area contributed by atoms with Crippen molar-refractivity contribution in [3.63, 3.8) is 0 Å². The first-order valence-corrected chi connectivity index (χ1v) is 14.6. The molecule has 0 aliphatic carbocycles. The van der Waals surface area contributed by atoms with Crippen LogP contribution in [0.3, 0.4) is 0 Å². The highest BCUT2D eigenvalue weighted by Crippen LogP contribution is 2.32. The molecule has 1 N–H and O–H groups in total. The zero-order valence-electron chi connectivity index (χ0n) is 20.7. The smallest absolute Gasteiger partial charge is 0.172 e. The molecule has 38 heavy (non-hydrogen) atoms. The summed E-state index contributed by atoms with van der Waals surface area (Å²) >= 11 is 17.8. The van der Waals surface area contributed by atoms with Crippen LogP contribution in [0.1, 0.15) is 12.0 Å². The number of fused-ring (bicyclic) bond motifs is 1. The fourth-order valence-electron chi connectivity index (χ4n) is 4.17. The number of nitrogens with one attached hydrogen (secondary N) is 1. The lowest BCUT2D eigenvalue weighted by Crippen LogP contribution is -2.22. The molecule has 5 aromatic rings. The summed E-state index contributed by atoms with van der Waals surface area (Å²) in [6.45, 7) is 2.62.